The molecule has 6 heteroatoms. The van der Waals surface area contributed by atoms with E-state index in [0.717, 1.165) is 77.0 Å². The molecule has 1 atom stereocenters. The summed E-state index contributed by atoms with van der Waals surface area (Å²) in [5.74, 6) is -0.964. The molecule has 452 valence electrons. The first-order chi connectivity index (χ1) is 38.5. The van der Waals surface area contributed by atoms with Crippen molar-refractivity contribution in [3.05, 3.63) is 72.9 Å². The van der Waals surface area contributed by atoms with Crippen molar-refractivity contribution in [1.82, 2.24) is 0 Å². The van der Waals surface area contributed by atoms with Gasteiger partial charge in [0.05, 0.1) is 0 Å². The number of rotatable bonds is 62. The van der Waals surface area contributed by atoms with Crippen LogP contribution in [-0.4, -0.2) is 37.2 Å². The van der Waals surface area contributed by atoms with E-state index >= 15 is 0 Å². The zero-order chi connectivity index (χ0) is 56.4. The minimum absolute atomic E-state index is 0.101. The molecule has 0 saturated carbocycles. The molecule has 0 aromatic heterocycles. The second-order valence-electron chi connectivity index (χ2n) is 22.7. The molecule has 1 unspecified atom stereocenters. The molecule has 0 radical (unpaired) electrons. The van der Waals surface area contributed by atoms with Crippen LogP contribution in [0.5, 0.6) is 0 Å². The highest BCUT2D eigenvalue weighted by Crippen LogP contribution is 2.18. The van der Waals surface area contributed by atoms with Gasteiger partial charge in [-0.1, -0.05) is 344 Å². The van der Waals surface area contributed by atoms with Crippen molar-refractivity contribution < 1.29 is 28.6 Å². The number of carbonyl (C=O) groups is 3. The van der Waals surface area contributed by atoms with E-state index in [1.807, 2.05) is 6.08 Å². The van der Waals surface area contributed by atoms with Crippen LogP contribution in [0.2, 0.25) is 0 Å². The Labute approximate surface area is 484 Å². The predicted octanol–water partition coefficient (Wildman–Crippen LogP) is 23.3. The topological polar surface area (TPSA) is 78.9 Å². The fourth-order valence-electron chi connectivity index (χ4n) is 9.94. The molecule has 0 heterocycles. The third kappa shape index (κ3) is 63.7. The number of hydrogen-bond acceptors (Lipinski definition) is 6. The lowest BCUT2D eigenvalue weighted by Gasteiger charge is -2.18. The summed E-state index contributed by atoms with van der Waals surface area (Å²) in [6, 6.07) is 0. The standard InChI is InChI=1S/C72H128O6/c1-4-7-10-13-16-19-22-25-28-31-33-34-35-36-37-39-41-44-47-50-53-56-59-62-65-71(74)77-68-69(67-76-70(73)64-61-58-55-52-49-46-43-40-30-27-24-21-18-15-12-9-6-3)78-72(75)66-63-60-57-54-51-48-45-42-38-32-29-26-23-20-17-14-11-8-5-2/h8,11,17,20,26,29,38,42,48,51,57,60,69H,4-7,9-10,12-16,18-19,21-25,27-28,30-37,39-41,43-47,49-50,52-56,58-59,61-68H2,1-3H3/b11-8-,20-17-,29-26-,42-38-,51-48-,60-57-. The average Bonchev–Trinajstić information content (AvgIpc) is 3.44. The fraction of sp³-hybridized carbons (Fsp3) is 0.792. The summed E-state index contributed by atoms with van der Waals surface area (Å²) in [7, 11) is 0. The van der Waals surface area contributed by atoms with Crippen molar-refractivity contribution in [2.24, 2.45) is 0 Å². The highest BCUT2D eigenvalue weighted by Gasteiger charge is 2.19. The monoisotopic (exact) mass is 1090 g/mol. The van der Waals surface area contributed by atoms with Gasteiger partial charge in [0.25, 0.3) is 0 Å². The van der Waals surface area contributed by atoms with Crippen LogP contribution < -0.4 is 0 Å². The Morgan fingerprint density at radius 1 is 0.269 bits per heavy atom. The highest BCUT2D eigenvalue weighted by atomic mass is 16.6. The van der Waals surface area contributed by atoms with Gasteiger partial charge >= 0.3 is 17.9 Å². The van der Waals surface area contributed by atoms with E-state index < -0.39 is 6.10 Å². The van der Waals surface area contributed by atoms with Gasteiger partial charge in [0.15, 0.2) is 6.10 Å². The molecular formula is C72H128O6. The Hall–Kier alpha value is -3.15. The van der Waals surface area contributed by atoms with Gasteiger partial charge in [-0.25, -0.2) is 0 Å². The van der Waals surface area contributed by atoms with Gasteiger partial charge in [-0.15, -0.1) is 0 Å². The summed E-state index contributed by atoms with van der Waals surface area (Å²) in [6.45, 7) is 6.53. The number of ether oxygens (including phenoxy) is 3. The Kier molecular flexibility index (Phi) is 63.7. The van der Waals surface area contributed by atoms with E-state index in [9.17, 15) is 14.4 Å². The largest absolute Gasteiger partial charge is 0.462 e. The molecule has 0 N–H and O–H groups in total. The van der Waals surface area contributed by atoms with E-state index in [0.29, 0.717) is 19.3 Å². The van der Waals surface area contributed by atoms with Crippen LogP contribution in [0.15, 0.2) is 72.9 Å². The summed E-state index contributed by atoms with van der Waals surface area (Å²) < 4.78 is 16.9. The second-order valence-corrected chi connectivity index (χ2v) is 22.7. The van der Waals surface area contributed by atoms with E-state index in [1.54, 1.807) is 0 Å². The molecular weight excluding hydrogens is 961 g/mol. The number of allylic oxidation sites excluding steroid dienone is 12. The van der Waals surface area contributed by atoms with Gasteiger partial charge in [-0.3, -0.25) is 14.4 Å². The Balaban J connectivity index is 4.38. The molecule has 0 aromatic carbocycles. The molecule has 0 saturated heterocycles. The van der Waals surface area contributed by atoms with Gasteiger partial charge in [-0.2, -0.15) is 0 Å². The van der Waals surface area contributed by atoms with Crippen molar-refractivity contribution in [3.8, 4) is 0 Å². The fourth-order valence-corrected chi connectivity index (χ4v) is 9.94. The summed E-state index contributed by atoms with van der Waals surface area (Å²) in [5.41, 5.74) is 0. The van der Waals surface area contributed by atoms with Gasteiger partial charge in [0.2, 0.25) is 0 Å². The zero-order valence-corrected chi connectivity index (χ0v) is 51.9. The summed E-state index contributed by atoms with van der Waals surface area (Å²) >= 11 is 0. The Morgan fingerprint density at radius 2 is 0.500 bits per heavy atom. The SMILES string of the molecule is CC/C=C\C/C=C\C/C=C\C/C=C\C/C=C\C/C=C\CCC(=O)OC(COC(=O)CCCCCCCCCCCCCCCCCCC)COC(=O)CCCCCCCCCCCCCCCCCCCCCCCCCC. The zero-order valence-electron chi connectivity index (χ0n) is 51.9. The minimum Gasteiger partial charge on any atom is -0.462 e. The molecule has 0 bridgehead atoms. The first kappa shape index (κ1) is 74.8. The molecule has 0 aliphatic rings. The summed E-state index contributed by atoms with van der Waals surface area (Å²) in [5, 5.41) is 0. The van der Waals surface area contributed by atoms with Crippen LogP contribution in [-0.2, 0) is 28.6 Å². The van der Waals surface area contributed by atoms with E-state index in [2.05, 4.69) is 87.6 Å². The van der Waals surface area contributed by atoms with Crippen LogP contribution in [0.4, 0.5) is 0 Å². The quantitative estimate of drug-likeness (QED) is 0.0261. The molecule has 0 amide bonds. The van der Waals surface area contributed by atoms with Crippen molar-refractivity contribution in [2.45, 2.75) is 354 Å². The number of unbranched alkanes of at least 4 members (excludes halogenated alkanes) is 39. The third-order valence-electron chi connectivity index (χ3n) is 15.0. The van der Waals surface area contributed by atoms with Crippen LogP contribution in [0.3, 0.4) is 0 Å². The number of hydrogen-bond donors (Lipinski definition) is 0. The first-order valence-corrected chi connectivity index (χ1v) is 33.9. The molecule has 0 aromatic rings. The molecule has 0 rings (SSSR count). The Bertz CT molecular complexity index is 1440. The molecule has 0 aliphatic carbocycles. The lowest BCUT2D eigenvalue weighted by molar-refractivity contribution is -0.166. The average molecular weight is 1090 g/mol. The maximum absolute atomic E-state index is 12.9. The predicted molar refractivity (Wildman–Crippen MR) is 339 cm³/mol. The molecule has 78 heavy (non-hydrogen) atoms. The van der Waals surface area contributed by atoms with E-state index in [1.165, 1.54) is 225 Å². The van der Waals surface area contributed by atoms with Crippen LogP contribution in [0.1, 0.15) is 348 Å². The number of carbonyl (C=O) groups excluding carboxylic acids is 3. The maximum atomic E-state index is 12.9. The first-order valence-electron chi connectivity index (χ1n) is 33.9. The minimum atomic E-state index is -0.814. The molecule has 0 aliphatic heterocycles. The van der Waals surface area contributed by atoms with Crippen LogP contribution >= 0.6 is 0 Å². The van der Waals surface area contributed by atoms with Crippen molar-refractivity contribution in [2.75, 3.05) is 13.2 Å². The highest BCUT2D eigenvalue weighted by molar-refractivity contribution is 5.71. The Morgan fingerprint density at radius 3 is 0.756 bits per heavy atom. The summed E-state index contributed by atoms with van der Waals surface area (Å²) in [6.07, 6.45) is 86.5. The van der Waals surface area contributed by atoms with Crippen molar-refractivity contribution in [3.63, 3.8) is 0 Å². The van der Waals surface area contributed by atoms with Gasteiger partial charge in [-0.05, 0) is 57.8 Å². The van der Waals surface area contributed by atoms with Crippen LogP contribution in [0, 0.1) is 0 Å². The van der Waals surface area contributed by atoms with Crippen LogP contribution in [0.25, 0.3) is 0 Å². The smallest absolute Gasteiger partial charge is 0.306 e. The van der Waals surface area contributed by atoms with Gasteiger partial charge in [0, 0.05) is 19.3 Å². The molecule has 0 spiro atoms. The molecule has 0 fully saturated rings. The van der Waals surface area contributed by atoms with Gasteiger partial charge < -0.3 is 14.2 Å². The number of esters is 3. The molecule has 6 nitrogen and oxygen atoms in total. The lowest BCUT2D eigenvalue weighted by Crippen LogP contribution is -2.30. The third-order valence-corrected chi connectivity index (χ3v) is 15.0. The van der Waals surface area contributed by atoms with E-state index in [4.69, 9.17) is 14.2 Å². The van der Waals surface area contributed by atoms with E-state index in [-0.39, 0.29) is 37.5 Å². The van der Waals surface area contributed by atoms with Crippen molar-refractivity contribution >= 4 is 17.9 Å². The second kappa shape index (κ2) is 66.4. The van der Waals surface area contributed by atoms with Gasteiger partial charge in [0.1, 0.15) is 13.2 Å². The lowest BCUT2D eigenvalue weighted by atomic mass is 10.0. The normalized spacial score (nSPS) is 12.5. The van der Waals surface area contributed by atoms with Crippen molar-refractivity contribution in [1.29, 1.82) is 0 Å². The summed E-state index contributed by atoms with van der Waals surface area (Å²) in [4.78, 5) is 38.4. The maximum Gasteiger partial charge on any atom is 0.306 e.